The lowest BCUT2D eigenvalue weighted by Crippen LogP contribution is -2.33. The van der Waals surface area contributed by atoms with E-state index in [-0.39, 0.29) is 11.2 Å². The molecule has 0 unspecified atom stereocenters. The summed E-state index contributed by atoms with van der Waals surface area (Å²) in [6.45, 7) is 10.5. The predicted molar refractivity (Wildman–Crippen MR) is 87.0 cm³/mol. The molecule has 0 saturated carbocycles. The third kappa shape index (κ3) is 3.74. The van der Waals surface area contributed by atoms with Crippen molar-refractivity contribution in [2.24, 2.45) is 11.3 Å². The summed E-state index contributed by atoms with van der Waals surface area (Å²) in [5.41, 5.74) is 3.02. The smallest absolute Gasteiger partial charge is 0.163 e. The van der Waals surface area contributed by atoms with E-state index in [9.17, 15) is 9.90 Å². The van der Waals surface area contributed by atoms with Gasteiger partial charge in [-0.15, -0.1) is 0 Å². The number of rotatable bonds is 0. The van der Waals surface area contributed by atoms with Crippen LogP contribution in [0.25, 0.3) is 0 Å². The van der Waals surface area contributed by atoms with E-state index in [4.69, 9.17) is 0 Å². The van der Waals surface area contributed by atoms with Crippen molar-refractivity contribution in [3.05, 3.63) is 35.5 Å². The Balaban J connectivity index is 2.34. The van der Waals surface area contributed by atoms with E-state index in [1.165, 1.54) is 0 Å². The number of carbonyl (C=O) groups excluding carboxylic acids is 1. The molecule has 2 bridgehead atoms. The second-order valence-corrected chi connectivity index (χ2v) is 7.29. The largest absolute Gasteiger partial charge is 0.389 e. The van der Waals surface area contributed by atoms with Crippen molar-refractivity contribution < 1.29 is 9.90 Å². The highest BCUT2D eigenvalue weighted by Crippen LogP contribution is 2.45. The number of hydrogen-bond donors (Lipinski definition) is 1. The van der Waals surface area contributed by atoms with Gasteiger partial charge in [-0.1, -0.05) is 43.7 Å². The second-order valence-electron chi connectivity index (χ2n) is 7.29. The monoisotopic (exact) mass is 288 g/mol. The van der Waals surface area contributed by atoms with Crippen LogP contribution in [0, 0.1) is 11.3 Å². The van der Waals surface area contributed by atoms with Gasteiger partial charge in [0.2, 0.25) is 0 Å². The van der Waals surface area contributed by atoms with Gasteiger partial charge in [-0.05, 0) is 55.9 Å². The van der Waals surface area contributed by atoms with Gasteiger partial charge in [-0.2, -0.15) is 0 Å². The Kier molecular flexibility index (Phi) is 4.88. The lowest BCUT2D eigenvalue weighted by Gasteiger charge is -2.40. The Morgan fingerprint density at radius 1 is 1.33 bits per heavy atom. The molecule has 2 nitrogen and oxygen atoms in total. The van der Waals surface area contributed by atoms with Gasteiger partial charge in [0, 0.05) is 6.42 Å². The van der Waals surface area contributed by atoms with Gasteiger partial charge in [-0.25, -0.2) is 0 Å². The van der Waals surface area contributed by atoms with Gasteiger partial charge >= 0.3 is 0 Å². The Morgan fingerprint density at radius 2 is 2.05 bits per heavy atom. The molecule has 0 aromatic carbocycles. The average Bonchev–Trinajstić information content (AvgIpc) is 2.34. The lowest BCUT2D eigenvalue weighted by molar-refractivity contribution is -0.116. The molecule has 0 heterocycles. The standard InChI is InChI=1S/C19H28O2/c1-13-8-9-15-6-5-7-17(19(15,3)4)18(21)12-14(2)11-16(20)10-13/h7,11,15-16,20H,1,5-6,8-10,12H2,2-4H3/b14-11+/t15-,16+/m1/s1. The van der Waals surface area contributed by atoms with Crippen molar-refractivity contribution in [3.8, 4) is 0 Å². The van der Waals surface area contributed by atoms with Crippen molar-refractivity contribution in [3.63, 3.8) is 0 Å². The van der Waals surface area contributed by atoms with Gasteiger partial charge in [-0.3, -0.25) is 4.79 Å². The zero-order chi connectivity index (χ0) is 15.6. The van der Waals surface area contributed by atoms with E-state index in [1.54, 1.807) is 0 Å². The molecule has 116 valence electrons. The fourth-order valence-electron chi connectivity index (χ4n) is 3.82. The molecule has 2 aliphatic rings. The number of allylic oxidation sites excluding steroid dienone is 3. The third-order valence-electron chi connectivity index (χ3n) is 5.14. The first-order valence-electron chi connectivity index (χ1n) is 8.06. The van der Waals surface area contributed by atoms with Crippen LogP contribution in [0.4, 0.5) is 0 Å². The number of Topliss-reactive ketones (excluding diaryl/α,β-unsaturated/α-hetero) is 1. The number of aliphatic hydroxyl groups is 1. The summed E-state index contributed by atoms with van der Waals surface area (Å²) in [6, 6.07) is 0. The summed E-state index contributed by atoms with van der Waals surface area (Å²) in [7, 11) is 0. The normalized spacial score (nSPS) is 33.3. The van der Waals surface area contributed by atoms with E-state index in [0.717, 1.165) is 42.4 Å². The van der Waals surface area contributed by atoms with Gasteiger partial charge < -0.3 is 5.11 Å². The van der Waals surface area contributed by atoms with Gasteiger partial charge in [0.15, 0.2) is 5.78 Å². The minimum Gasteiger partial charge on any atom is -0.389 e. The minimum atomic E-state index is -0.508. The van der Waals surface area contributed by atoms with Crippen LogP contribution in [0.5, 0.6) is 0 Å². The van der Waals surface area contributed by atoms with Crippen molar-refractivity contribution >= 4 is 5.78 Å². The molecule has 21 heavy (non-hydrogen) atoms. The zero-order valence-corrected chi connectivity index (χ0v) is 13.6. The topological polar surface area (TPSA) is 37.3 Å². The van der Waals surface area contributed by atoms with Crippen LogP contribution in [0.2, 0.25) is 0 Å². The Labute approximate surface area is 128 Å². The Bertz CT molecular complexity index is 494. The number of fused-ring (bicyclic) bond motifs is 2. The van der Waals surface area contributed by atoms with Gasteiger partial charge in [0.25, 0.3) is 0 Å². The van der Waals surface area contributed by atoms with Gasteiger partial charge in [0.1, 0.15) is 0 Å². The first-order chi connectivity index (χ1) is 9.80. The first kappa shape index (κ1) is 16.2. The molecule has 0 aliphatic heterocycles. The summed E-state index contributed by atoms with van der Waals surface area (Å²) in [5.74, 6) is 0.754. The van der Waals surface area contributed by atoms with E-state index < -0.39 is 6.10 Å². The van der Waals surface area contributed by atoms with E-state index in [2.05, 4.69) is 26.5 Å². The fourth-order valence-corrected chi connectivity index (χ4v) is 3.82. The molecule has 0 spiro atoms. The Hall–Kier alpha value is -1.15. The van der Waals surface area contributed by atoms with E-state index in [1.807, 2.05) is 13.0 Å². The molecule has 2 atom stereocenters. The molecule has 0 saturated heterocycles. The molecule has 2 rings (SSSR count). The van der Waals surface area contributed by atoms with Crippen LogP contribution in [0.1, 0.15) is 59.3 Å². The predicted octanol–water partition coefficient (Wildman–Crippen LogP) is 4.36. The molecule has 2 heteroatoms. The second kappa shape index (κ2) is 6.31. The highest BCUT2D eigenvalue weighted by molar-refractivity contribution is 5.98. The maximum Gasteiger partial charge on any atom is 0.163 e. The SMILES string of the molecule is C=C1CC[C@H]2CCC=C(C(=O)C/C(C)=C/[C@@H](O)C1)C2(C)C. The van der Waals surface area contributed by atoms with Crippen molar-refractivity contribution in [2.45, 2.75) is 65.4 Å². The summed E-state index contributed by atoms with van der Waals surface area (Å²) < 4.78 is 0. The summed E-state index contributed by atoms with van der Waals surface area (Å²) >= 11 is 0. The average molecular weight is 288 g/mol. The van der Waals surface area contributed by atoms with Gasteiger partial charge in [0.05, 0.1) is 6.10 Å². The molecule has 0 aromatic rings. The van der Waals surface area contributed by atoms with Crippen LogP contribution < -0.4 is 0 Å². The summed E-state index contributed by atoms with van der Waals surface area (Å²) in [4.78, 5) is 12.6. The Morgan fingerprint density at radius 3 is 2.76 bits per heavy atom. The molecule has 2 aliphatic carbocycles. The molecular formula is C19H28O2. The maximum absolute atomic E-state index is 12.6. The van der Waals surface area contributed by atoms with E-state index >= 15 is 0 Å². The fraction of sp³-hybridized carbons (Fsp3) is 0.632. The summed E-state index contributed by atoms with van der Waals surface area (Å²) in [6.07, 6.45) is 8.65. The number of aliphatic hydroxyl groups excluding tert-OH is 1. The van der Waals surface area contributed by atoms with Crippen molar-refractivity contribution in [2.75, 3.05) is 0 Å². The number of hydrogen-bond acceptors (Lipinski definition) is 2. The highest BCUT2D eigenvalue weighted by atomic mass is 16.3. The van der Waals surface area contributed by atoms with Crippen LogP contribution in [0.15, 0.2) is 35.5 Å². The third-order valence-corrected chi connectivity index (χ3v) is 5.14. The molecule has 0 fully saturated rings. The number of carbonyl (C=O) groups is 1. The highest BCUT2D eigenvalue weighted by Gasteiger charge is 2.38. The molecule has 0 radical (unpaired) electrons. The van der Waals surface area contributed by atoms with Crippen LogP contribution in [0.3, 0.4) is 0 Å². The van der Waals surface area contributed by atoms with Crippen LogP contribution in [-0.2, 0) is 4.79 Å². The molecule has 1 N–H and O–H groups in total. The minimum absolute atomic E-state index is 0.0479. The maximum atomic E-state index is 12.6. The zero-order valence-electron chi connectivity index (χ0n) is 13.6. The molecule has 0 aromatic heterocycles. The van der Waals surface area contributed by atoms with E-state index in [0.29, 0.717) is 18.8 Å². The first-order valence-corrected chi connectivity index (χ1v) is 8.06. The van der Waals surface area contributed by atoms with Crippen LogP contribution in [-0.4, -0.2) is 17.0 Å². The van der Waals surface area contributed by atoms with Crippen molar-refractivity contribution in [1.82, 2.24) is 0 Å². The molecular weight excluding hydrogens is 260 g/mol. The lowest BCUT2D eigenvalue weighted by atomic mass is 9.64. The quantitative estimate of drug-likeness (QED) is 0.673. The van der Waals surface area contributed by atoms with Crippen molar-refractivity contribution in [1.29, 1.82) is 0 Å². The number of ketones is 1. The molecule has 0 amide bonds. The summed E-state index contributed by atoms with van der Waals surface area (Å²) in [5, 5.41) is 10.1. The van der Waals surface area contributed by atoms with Crippen LogP contribution >= 0.6 is 0 Å².